The van der Waals surface area contributed by atoms with Crippen LogP contribution in [0.25, 0.3) is 10.9 Å². The van der Waals surface area contributed by atoms with Gasteiger partial charge in [-0.25, -0.2) is 0 Å². The Bertz CT molecular complexity index is 1020. The summed E-state index contributed by atoms with van der Waals surface area (Å²) in [5, 5.41) is 2.23. The van der Waals surface area contributed by atoms with Crippen molar-refractivity contribution in [3.8, 4) is 0 Å². The largest absolute Gasteiger partial charge is 0.361 e. The molecular weight excluding hydrogens is 403 g/mol. The minimum absolute atomic E-state index is 0.0694. The molecular formula is C24H26Cl2N2O. The number of aromatic amines is 1. The van der Waals surface area contributed by atoms with Crippen LogP contribution >= 0.6 is 23.2 Å². The second kappa shape index (κ2) is 8.81. The summed E-state index contributed by atoms with van der Waals surface area (Å²) in [6.07, 6.45) is 6.84. The lowest BCUT2D eigenvalue weighted by molar-refractivity contribution is -0.132. The van der Waals surface area contributed by atoms with Gasteiger partial charge in [0.05, 0.1) is 10.0 Å². The number of piperidine rings is 1. The molecule has 0 saturated carbocycles. The number of hydrogen-bond donors (Lipinski definition) is 1. The molecule has 0 bridgehead atoms. The van der Waals surface area contributed by atoms with Gasteiger partial charge >= 0.3 is 0 Å². The van der Waals surface area contributed by atoms with E-state index in [4.69, 9.17) is 23.2 Å². The number of H-pyrrole nitrogens is 1. The van der Waals surface area contributed by atoms with Gasteiger partial charge in [0.2, 0.25) is 5.91 Å². The minimum Gasteiger partial charge on any atom is -0.361 e. The van der Waals surface area contributed by atoms with Crippen LogP contribution in [-0.4, -0.2) is 28.9 Å². The zero-order chi connectivity index (χ0) is 20.4. The van der Waals surface area contributed by atoms with Crippen LogP contribution in [0.3, 0.4) is 0 Å². The molecule has 0 radical (unpaired) electrons. The monoisotopic (exact) mass is 428 g/mol. The van der Waals surface area contributed by atoms with E-state index in [1.54, 1.807) is 0 Å². The number of likely N-dealkylation sites (tertiary alicyclic amines) is 1. The molecule has 5 heteroatoms. The van der Waals surface area contributed by atoms with Gasteiger partial charge in [-0.1, -0.05) is 54.4 Å². The molecule has 1 aromatic heterocycles. The lowest BCUT2D eigenvalue weighted by Crippen LogP contribution is -2.36. The highest BCUT2D eigenvalue weighted by molar-refractivity contribution is 6.42. The Labute approximate surface area is 182 Å². The first-order chi connectivity index (χ1) is 14.1. The highest BCUT2D eigenvalue weighted by Gasteiger charge is 2.26. The number of carbonyl (C=O) groups is 1. The van der Waals surface area contributed by atoms with Gasteiger partial charge in [-0.05, 0) is 54.5 Å². The van der Waals surface area contributed by atoms with E-state index < -0.39 is 0 Å². The van der Waals surface area contributed by atoms with Crippen LogP contribution < -0.4 is 0 Å². The Kier molecular flexibility index (Phi) is 6.17. The Morgan fingerprint density at radius 1 is 1.10 bits per heavy atom. The van der Waals surface area contributed by atoms with Gasteiger partial charge in [0.25, 0.3) is 0 Å². The molecule has 3 aromatic rings. The Hall–Kier alpha value is -1.97. The third-order valence-electron chi connectivity index (χ3n) is 6.02. The van der Waals surface area contributed by atoms with E-state index in [1.807, 2.05) is 23.1 Å². The van der Waals surface area contributed by atoms with Crippen molar-refractivity contribution in [2.75, 3.05) is 13.1 Å². The van der Waals surface area contributed by atoms with E-state index in [-0.39, 0.29) is 11.8 Å². The van der Waals surface area contributed by atoms with Gasteiger partial charge in [0, 0.05) is 42.5 Å². The molecule has 29 heavy (non-hydrogen) atoms. The maximum Gasteiger partial charge on any atom is 0.223 e. The number of aryl methyl sites for hydroxylation is 1. The van der Waals surface area contributed by atoms with Crippen molar-refractivity contribution in [2.45, 2.75) is 44.9 Å². The third kappa shape index (κ3) is 4.17. The SMILES string of the molecule is CCc1cccc2c(C(CC(=O)N3CCCCC3)c3ccc(Cl)c(Cl)c3)c[nH]c12. The van der Waals surface area contributed by atoms with E-state index in [9.17, 15) is 4.79 Å². The zero-order valence-corrected chi connectivity index (χ0v) is 18.2. The minimum atomic E-state index is -0.0694. The molecule has 3 nitrogen and oxygen atoms in total. The average Bonchev–Trinajstić information content (AvgIpc) is 3.18. The fourth-order valence-corrected chi connectivity index (χ4v) is 4.71. The number of hydrogen-bond acceptors (Lipinski definition) is 1. The molecule has 0 aliphatic carbocycles. The van der Waals surface area contributed by atoms with Crippen molar-refractivity contribution in [1.82, 2.24) is 9.88 Å². The van der Waals surface area contributed by atoms with Gasteiger partial charge in [0.1, 0.15) is 0 Å². The Morgan fingerprint density at radius 2 is 1.90 bits per heavy atom. The molecule has 1 amide bonds. The molecule has 152 valence electrons. The van der Waals surface area contributed by atoms with Crippen LogP contribution in [0.1, 0.15) is 55.2 Å². The summed E-state index contributed by atoms with van der Waals surface area (Å²) in [6, 6.07) is 12.1. The Morgan fingerprint density at radius 3 is 2.62 bits per heavy atom. The van der Waals surface area contributed by atoms with Crippen molar-refractivity contribution in [3.05, 3.63) is 69.3 Å². The molecule has 1 aliphatic heterocycles. The smallest absolute Gasteiger partial charge is 0.223 e. The molecule has 1 atom stereocenters. The molecule has 4 rings (SSSR count). The van der Waals surface area contributed by atoms with Crippen molar-refractivity contribution >= 4 is 40.0 Å². The number of amides is 1. The summed E-state index contributed by atoms with van der Waals surface area (Å²) in [4.78, 5) is 18.6. The van der Waals surface area contributed by atoms with Crippen molar-refractivity contribution in [3.63, 3.8) is 0 Å². The number of para-hydroxylation sites is 1. The summed E-state index contributed by atoms with van der Waals surface area (Å²) >= 11 is 12.5. The van der Waals surface area contributed by atoms with Crippen LogP contribution in [0.4, 0.5) is 0 Å². The highest BCUT2D eigenvalue weighted by Crippen LogP contribution is 2.37. The summed E-state index contributed by atoms with van der Waals surface area (Å²) in [5.41, 5.74) is 4.59. The lowest BCUT2D eigenvalue weighted by atomic mass is 9.87. The van der Waals surface area contributed by atoms with Crippen LogP contribution in [0.5, 0.6) is 0 Å². The Balaban J connectivity index is 1.76. The van der Waals surface area contributed by atoms with Crippen molar-refractivity contribution < 1.29 is 4.79 Å². The number of carbonyl (C=O) groups excluding carboxylic acids is 1. The second-order valence-electron chi connectivity index (χ2n) is 7.81. The first kappa shape index (κ1) is 20.3. The maximum atomic E-state index is 13.1. The molecule has 1 aliphatic rings. The summed E-state index contributed by atoms with van der Waals surface area (Å²) in [6.45, 7) is 3.88. The number of nitrogens with zero attached hydrogens (tertiary/aromatic N) is 1. The fraction of sp³-hybridized carbons (Fsp3) is 0.375. The predicted molar refractivity (Wildman–Crippen MR) is 121 cm³/mol. The van der Waals surface area contributed by atoms with Gasteiger partial charge in [0.15, 0.2) is 0 Å². The number of rotatable bonds is 5. The first-order valence-corrected chi connectivity index (χ1v) is 11.2. The van der Waals surface area contributed by atoms with Gasteiger partial charge in [-0.3, -0.25) is 4.79 Å². The van der Waals surface area contributed by atoms with Gasteiger partial charge in [-0.15, -0.1) is 0 Å². The van der Waals surface area contributed by atoms with E-state index in [1.165, 1.54) is 17.4 Å². The molecule has 2 heterocycles. The van der Waals surface area contributed by atoms with Crippen LogP contribution in [0.2, 0.25) is 10.0 Å². The van der Waals surface area contributed by atoms with Crippen LogP contribution in [0.15, 0.2) is 42.6 Å². The van der Waals surface area contributed by atoms with E-state index >= 15 is 0 Å². The number of aromatic nitrogens is 1. The summed E-state index contributed by atoms with van der Waals surface area (Å²) < 4.78 is 0. The normalized spacial score (nSPS) is 15.6. The van der Waals surface area contributed by atoms with Crippen LogP contribution in [0, 0.1) is 0 Å². The predicted octanol–water partition coefficient (Wildman–Crippen LogP) is 6.57. The summed E-state index contributed by atoms with van der Waals surface area (Å²) in [5.74, 6) is 0.141. The number of fused-ring (bicyclic) bond motifs is 1. The number of halogens is 2. The third-order valence-corrected chi connectivity index (χ3v) is 6.76. The summed E-state index contributed by atoms with van der Waals surface area (Å²) in [7, 11) is 0. The lowest BCUT2D eigenvalue weighted by Gasteiger charge is -2.28. The average molecular weight is 429 g/mol. The maximum absolute atomic E-state index is 13.1. The zero-order valence-electron chi connectivity index (χ0n) is 16.7. The molecule has 0 spiro atoms. The van der Waals surface area contributed by atoms with E-state index in [0.29, 0.717) is 16.5 Å². The van der Waals surface area contributed by atoms with Crippen molar-refractivity contribution in [2.24, 2.45) is 0 Å². The molecule has 1 unspecified atom stereocenters. The topological polar surface area (TPSA) is 36.1 Å². The molecule has 2 aromatic carbocycles. The standard InChI is InChI=1S/C24H26Cl2N2O/c1-2-16-7-6-8-18-20(15-27-24(16)18)19(17-9-10-21(25)22(26)13-17)14-23(29)28-11-4-3-5-12-28/h6-10,13,15,19,27H,2-5,11-12,14H2,1H3. The second-order valence-corrected chi connectivity index (χ2v) is 8.62. The quantitative estimate of drug-likeness (QED) is 0.489. The molecule has 1 saturated heterocycles. The highest BCUT2D eigenvalue weighted by atomic mass is 35.5. The molecule has 1 N–H and O–H groups in total. The fourth-order valence-electron chi connectivity index (χ4n) is 4.41. The van der Waals surface area contributed by atoms with Crippen LogP contribution in [-0.2, 0) is 11.2 Å². The van der Waals surface area contributed by atoms with Gasteiger partial charge in [-0.2, -0.15) is 0 Å². The molecule has 1 fully saturated rings. The van der Waals surface area contributed by atoms with Crippen molar-refractivity contribution in [1.29, 1.82) is 0 Å². The van der Waals surface area contributed by atoms with E-state index in [0.717, 1.165) is 49.0 Å². The first-order valence-electron chi connectivity index (χ1n) is 10.4. The number of nitrogens with one attached hydrogen (secondary N) is 1. The van der Waals surface area contributed by atoms with Gasteiger partial charge < -0.3 is 9.88 Å². The van der Waals surface area contributed by atoms with E-state index in [2.05, 4.69) is 36.3 Å². The number of benzene rings is 2.